The summed E-state index contributed by atoms with van der Waals surface area (Å²) in [4.78, 5) is 12.0. The van der Waals surface area contributed by atoms with E-state index in [9.17, 15) is 4.79 Å². The van der Waals surface area contributed by atoms with Gasteiger partial charge in [0.05, 0.1) is 10.0 Å². The molecular formula is C17H15Cl2NO. The summed E-state index contributed by atoms with van der Waals surface area (Å²) in [5, 5.41) is 3.79. The van der Waals surface area contributed by atoms with Crippen LogP contribution in [0.1, 0.15) is 16.7 Å². The van der Waals surface area contributed by atoms with Crippen LogP contribution in [0.2, 0.25) is 10.0 Å². The largest absolute Gasteiger partial charge is 0.322 e. The highest BCUT2D eigenvalue weighted by Crippen LogP contribution is 2.26. The lowest BCUT2D eigenvalue weighted by Gasteiger charge is -2.09. The van der Waals surface area contributed by atoms with Crippen molar-refractivity contribution in [2.75, 3.05) is 5.32 Å². The van der Waals surface area contributed by atoms with Crippen LogP contribution in [0.5, 0.6) is 0 Å². The van der Waals surface area contributed by atoms with Gasteiger partial charge in [0.25, 0.3) is 0 Å². The van der Waals surface area contributed by atoms with Crippen LogP contribution in [0.3, 0.4) is 0 Å². The fourth-order valence-corrected chi connectivity index (χ4v) is 2.36. The van der Waals surface area contributed by atoms with E-state index in [1.165, 1.54) is 6.08 Å². The van der Waals surface area contributed by atoms with Crippen molar-refractivity contribution in [1.29, 1.82) is 0 Å². The Morgan fingerprint density at radius 3 is 2.33 bits per heavy atom. The number of para-hydroxylation sites is 1. The fourth-order valence-electron chi connectivity index (χ4n) is 1.99. The molecule has 2 aromatic rings. The van der Waals surface area contributed by atoms with Gasteiger partial charge in [-0.15, -0.1) is 0 Å². The van der Waals surface area contributed by atoms with Gasteiger partial charge in [0.2, 0.25) is 5.91 Å². The normalized spacial score (nSPS) is 10.9. The van der Waals surface area contributed by atoms with Crippen molar-refractivity contribution in [2.45, 2.75) is 13.8 Å². The van der Waals surface area contributed by atoms with Crippen molar-refractivity contribution in [3.63, 3.8) is 0 Å². The Kier molecular flexibility index (Phi) is 5.05. The first-order valence-corrected chi connectivity index (χ1v) is 7.24. The Bertz CT molecular complexity index is 688. The van der Waals surface area contributed by atoms with Gasteiger partial charge in [0, 0.05) is 11.8 Å². The molecule has 0 aromatic heterocycles. The lowest BCUT2D eigenvalue weighted by atomic mass is 10.1. The zero-order valence-corrected chi connectivity index (χ0v) is 13.3. The highest BCUT2D eigenvalue weighted by Gasteiger charge is 2.05. The van der Waals surface area contributed by atoms with E-state index in [1.54, 1.807) is 24.3 Å². The van der Waals surface area contributed by atoms with Gasteiger partial charge in [-0.25, -0.2) is 0 Å². The number of hydrogen-bond acceptors (Lipinski definition) is 1. The van der Waals surface area contributed by atoms with Gasteiger partial charge >= 0.3 is 0 Å². The number of hydrogen-bond donors (Lipinski definition) is 1. The fraction of sp³-hybridized carbons (Fsp3) is 0.118. The number of aryl methyl sites for hydroxylation is 2. The van der Waals surface area contributed by atoms with Crippen molar-refractivity contribution in [3.8, 4) is 0 Å². The minimum Gasteiger partial charge on any atom is -0.322 e. The van der Waals surface area contributed by atoms with Crippen LogP contribution < -0.4 is 5.32 Å². The van der Waals surface area contributed by atoms with Gasteiger partial charge in [-0.3, -0.25) is 4.79 Å². The van der Waals surface area contributed by atoms with Crippen molar-refractivity contribution in [1.82, 2.24) is 0 Å². The highest BCUT2D eigenvalue weighted by atomic mass is 35.5. The van der Waals surface area contributed by atoms with Gasteiger partial charge in [-0.2, -0.15) is 0 Å². The molecule has 0 saturated heterocycles. The minimum atomic E-state index is -0.205. The first-order valence-electron chi connectivity index (χ1n) is 6.48. The quantitative estimate of drug-likeness (QED) is 0.768. The molecule has 1 N–H and O–H groups in total. The van der Waals surface area contributed by atoms with Gasteiger partial charge in [-0.05, 0) is 42.7 Å². The second kappa shape index (κ2) is 6.79. The molecule has 2 rings (SSSR count). The summed E-state index contributed by atoms with van der Waals surface area (Å²) in [5.41, 5.74) is 3.60. The Hall–Kier alpha value is -1.77. The maximum absolute atomic E-state index is 12.0. The summed E-state index contributed by atoms with van der Waals surface area (Å²) < 4.78 is 0. The molecule has 2 nitrogen and oxygen atoms in total. The highest BCUT2D eigenvalue weighted by molar-refractivity contribution is 6.42. The molecular weight excluding hydrogens is 305 g/mol. The molecule has 0 unspecified atom stereocenters. The minimum absolute atomic E-state index is 0.205. The summed E-state index contributed by atoms with van der Waals surface area (Å²) in [5.74, 6) is -0.205. The van der Waals surface area contributed by atoms with Crippen LogP contribution in [-0.4, -0.2) is 5.91 Å². The lowest BCUT2D eigenvalue weighted by molar-refractivity contribution is -0.111. The molecule has 0 radical (unpaired) electrons. The third-order valence-corrected chi connectivity index (χ3v) is 3.96. The van der Waals surface area contributed by atoms with Gasteiger partial charge in [0.1, 0.15) is 0 Å². The first kappa shape index (κ1) is 15.6. The average Bonchev–Trinajstić information content (AvgIpc) is 2.45. The molecule has 0 bridgehead atoms. The number of carbonyl (C=O) groups is 1. The van der Waals surface area contributed by atoms with Crippen LogP contribution in [0.4, 0.5) is 5.69 Å². The van der Waals surface area contributed by atoms with E-state index in [1.807, 2.05) is 32.0 Å². The lowest BCUT2D eigenvalue weighted by Crippen LogP contribution is -2.10. The number of rotatable bonds is 3. The molecule has 4 heteroatoms. The molecule has 0 aliphatic carbocycles. The van der Waals surface area contributed by atoms with E-state index in [0.717, 1.165) is 16.8 Å². The molecule has 0 heterocycles. The summed E-state index contributed by atoms with van der Waals surface area (Å²) in [6.07, 6.45) is 3.10. The summed E-state index contributed by atoms with van der Waals surface area (Å²) >= 11 is 12.0. The van der Waals surface area contributed by atoms with E-state index in [4.69, 9.17) is 23.2 Å². The topological polar surface area (TPSA) is 29.1 Å². The summed E-state index contributed by atoms with van der Waals surface area (Å²) in [7, 11) is 0. The number of nitrogens with one attached hydrogen (secondary N) is 1. The van der Waals surface area contributed by atoms with Crippen molar-refractivity contribution < 1.29 is 4.79 Å². The van der Waals surface area contributed by atoms with Crippen LogP contribution in [0, 0.1) is 13.8 Å². The Morgan fingerprint density at radius 2 is 1.67 bits per heavy atom. The predicted molar refractivity (Wildman–Crippen MR) is 90.0 cm³/mol. The number of amides is 1. The Morgan fingerprint density at radius 1 is 1.05 bits per heavy atom. The van der Waals surface area contributed by atoms with Crippen molar-refractivity contribution in [3.05, 3.63) is 69.2 Å². The SMILES string of the molecule is Cc1cccc(C)c1NC(=O)/C=C/c1cccc(Cl)c1Cl. The third kappa shape index (κ3) is 3.87. The molecule has 1 amide bonds. The number of halogens is 2. The van der Waals surface area contributed by atoms with E-state index < -0.39 is 0 Å². The zero-order valence-electron chi connectivity index (χ0n) is 11.8. The molecule has 0 atom stereocenters. The van der Waals surface area contributed by atoms with Crippen LogP contribution in [0.25, 0.3) is 6.08 Å². The van der Waals surface area contributed by atoms with E-state index in [0.29, 0.717) is 15.6 Å². The second-order valence-corrected chi connectivity index (χ2v) is 5.52. The molecule has 108 valence electrons. The van der Waals surface area contributed by atoms with Gasteiger partial charge in [0.15, 0.2) is 0 Å². The van der Waals surface area contributed by atoms with Crippen LogP contribution >= 0.6 is 23.2 Å². The molecule has 2 aromatic carbocycles. The number of anilines is 1. The maximum atomic E-state index is 12.0. The molecule has 0 saturated carbocycles. The van der Waals surface area contributed by atoms with Gasteiger partial charge in [-0.1, -0.05) is 53.5 Å². The predicted octanol–water partition coefficient (Wildman–Crippen LogP) is 5.26. The van der Waals surface area contributed by atoms with E-state index >= 15 is 0 Å². The number of benzene rings is 2. The van der Waals surface area contributed by atoms with Crippen molar-refractivity contribution >= 4 is 40.9 Å². The smallest absolute Gasteiger partial charge is 0.248 e. The molecule has 0 fully saturated rings. The molecule has 0 aliphatic rings. The third-order valence-electron chi connectivity index (χ3n) is 3.13. The van der Waals surface area contributed by atoms with Crippen LogP contribution in [0.15, 0.2) is 42.5 Å². The zero-order chi connectivity index (χ0) is 15.4. The first-order chi connectivity index (χ1) is 9.99. The Balaban J connectivity index is 2.15. The monoisotopic (exact) mass is 319 g/mol. The van der Waals surface area contributed by atoms with Gasteiger partial charge < -0.3 is 5.32 Å². The van der Waals surface area contributed by atoms with Crippen molar-refractivity contribution in [2.24, 2.45) is 0 Å². The van der Waals surface area contributed by atoms with E-state index in [2.05, 4.69) is 5.32 Å². The second-order valence-electron chi connectivity index (χ2n) is 4.73. The summed E-state index contributed by atoms with van der Waals surface area (Å²) in [6, 6.07) is 11.2. The average molecular weight is 320 g/mol. The van der Waals surface area contributed by atoms with Crippen LogP contribution in [-0.2, 0) is 4.79 Å². The van der Waals surface area contributed by atoms with E-state index in [-0.39, 0.29) is 5.91 Å². The maximum Gasteiger partial charge on any atom is 0.248 e. The standard InChI is InChI=1S/C17H15Cl2NO/c1-11-5-3-6-12(2)17(11)20-15(21)10-9-13-7-4-8-14(18)16(13)19/h3-10H,1-2H3,(H,20,21)/b10-9+. The molecule has 21 heavy (non-hydrogen) atoms. The number of carbonyl (C=O) groups excluding carboxylic acids is 1. The summed E-state index contributed by atoms with van der Waals surface area (Å²) in [6.45, 7) is 3.92. The molecule has 0 spiro atoms. The Labute approximate surface area is 134 Å². The molecule has 0 aliphatic heterocycles.